The van der Waals surface area contributed by atoms with Crippen molar-refractivity contribution < 1.29 is 17.9 Å². The third-order valence-corrected chi connectivity index (χ3v) is 7.15. The fourth-order valence-corrected chi connectivity index (χ4v) is 5.05. The summed E-state index contributed by atoms with van der Waals surface area (Å²) in [6.45, 7) is 5.45. The van der Waals surface area contributed by atoms with E-state index in [1.54, 1.807) is 19.1 Å². The molecular formula is C19H28N2O4S. The molecule has 26 heavy (non-hydrogen) atoms. The summed E-state index contributed by atoms with van der Waals surface area (Å²) in [4.78, 5) is 17.5. The molecule has 0 N–H and O–H groups in total. The van der Waals surface area contributed by atoms with Gasteiger partial charge >= 0.3 is 0 Å². The molecule has 1 spiro atoms. The number of benzene rings is 1. The van der Waals surface area contributed by atoms with Crippen LogP contribution in [0.3, 0.4) is 0 Å². The smallest absolute Gasteiger partial charge is 0.253 e. The van der Waals surface area contributed by atoms with E-state index in [2.05, 4.69) is 11.9 Å². The molecule has 6 nitrogen and oxygen atoms in total. The molecule has 2 aliphatic rings. The van der Waals surface area contributed by atoms with Crippen molar-refractivity contribution in [1.82, 2.24) is 9.80 Å². The maximum Gasteiger partial charge on any atom is 0.253 e. The number of nitrogens with zero attached hydrogens (tertiary/aromatic N) is 2. The summed E-state index contributed by atoms with van der Waals surface area (Å²) in [6, 6.07) is 4.96. The summed E-state index contributed by atoms with van der Waals surface area (Å²) in [7, 11) is -1.22. The van der Waals surface area contributed by atoms with Crippen LogP contribution in [0.25, 0.3) is 0 Å². The van der Waals surface area contributed by atoms with Crippen molar-refractivity contribution in [3.05, 3.63) is 29.3 Å². The largest absolute Gasteiger partial charge is 0.381 e. The van der Waals surface area contributed by atoms with Gasteiger partial charge in [-0.3, -0.25) is 9.69 Å². The zero-order valence-corrected chi connectivity index (χ0v) is 16.6. The second-order valence-corrected chi connectivity index (χ2v) is 9.54. The molecule has 0 aromatic heterocycles. The first-order valence-electron chi connectivity index (χ1n) is 9.12. The van der Waals surface area contributed by atoms with E-state index in [4.69, 9.17) is 4.74 Å². The van der Waals surface area contributed by atoms with E-state index >= 15 is 0 Å². The summed E-state index contributed by atoms with van der Waals surface area (Å²) >= 11 is 0. The Bertz CT molecular complexity index is 785. The molecule has 2 heterocycles. The summed E-state index contributed by atoms with van der Waals surface area (Å²) < 4.78 is 29.4. The zero-order valence-electron chi connectivity index (χ0n) is 15.8. The minimum absolute atomic E-state index is 0.0904. The van der Waals surface area contributed by atoms with Crippen LogP contribution in [0.15, 0.2) is 23.1 Å². The average molecular weight is 381 g/mol. The second kappa shape index (κ2) is 7.29. The third-order valence-electron chi connectivity index (χ3n) is 5.91. The van der Waals surface area contributed by atoms with E-state index in [0.29, 0.717) is 24.2 Å². The fourth-order valence-electron chi connectivity index (χ4n) is 4.05. The van der Waals surface area contributed by atoms with Crippen molar-refractivity contribution in [1.29, 1.82) is 0 Å². The lowest BCUT2D eigenvalue weighted by atomic mass is 9.85. The second-order valence-electron chi connectivity index (χ2n) is 7.55. The highest BCUT2D eigenvalue weighted by Crippen LogP contribution is 2.32. The summed E-state index contributed by atoms with van der Waals surface area (Å²) in [5, 5.41) is 0. The first-order chi connectivity index (χ1) is 12.2. The number of ether oxygens (including phenoxy) is 1. The lowest BCUT2D eigenvalue weighted by molar-refractivity contribution is -0.0158. The van der Waals surface area contributed by atoms with Crippen LogP contribution in [0.1, 0.15) is 35.2 Å². The van der Waals surface area contributed by atoms with E-state index in [1.807, 2.05) is 4.90 Å². The summed E-state index contributed by atoms with van der Waals surface area (Å²) in [5.41, 5.74) is 1.22. The Balaban J connectivity index is 1.81. The van der Waals surface area contributed by atoms with Gasteiger partial charge in [0.25, 0.3) is 5.91 Å². The number of carbonyl (C=O) groups is 1. The molecule has 0 saturated carbocycles. The maximum absolute atomic E-state index is 13.0. The highest BCUT2D eigenvalue weighted by Gasteiger charge is 2.39. The van der Waals surface area contributed by atoms with Gasteiger partial charge in [-0.25, -0.2) is 8.42 Å². The molecule has 0 atom stereocenters. The Morgan fingerprint density at radius 1 is 1.12 bits per heavy atom. The van der Waals surface area contributed by atoms with Crippen LogP contribution in [0.2, 0.25) is 0 Å². The van der Waals surface area contributed by atoms with Gasteiger partial charge in [-0.1, -0.05) is 6.07 Å². The molecule has 1 amide bonds. The van der Waals surface area contributed by atoms with E-state index in [9.17, 15) is 13.2 Å². The van der Waals surface area contributed by atoms with Gasteiger partial charge in [0.2, 0.25) is 0 Å². The number of hydrogen-bond donors (Lipinski definition) is 0. The molecule has 2 fully saturated rings. The quantitative estimate of drug-likeness (QED) is 0.782. The van der Waals surface area contributed by atoms with Crippen molar-refractivity contribution >= 4 is 15.7 Å². The molecule has 0 radical (unpaired) electrons. The summed E-state index contributed by atoms with van der Waals surface area (Å²) in [5.74, 6) is -0.0904. The summed E-state index contributed by atoms with van der Waals surface area (Å²) in [6.07, 6.45) is 4.09. The Kier molecular flexibility index (Phi) is 5.42. The van der Waals surface area contributed by atoms with Crippen LogP contribution >= 0.6 is 0 Å². The molecule has 2 saturated heterocycles. The van der Waals surface area contributed by atoms with Gasteiger partial charge in [0.05, 0.1) is 4.90 Å². The minimum Gasteiger partial charge on any atom is -0.381 e. The van der Waals surface area contributed by atoms with Crippen molar-refractivity contribution in [2.45, 2.75) is 36.6 Å². The predicted molar refractivity (Wildman–Crippen MR) is 100 cm³/mol. The van der Waals surface area contributed by atoms with Gasteiger partial charge in [-0.15, -0.1) is 0 Å². The van der Waals surface area contributed by atoms with Crippen LogP contribution in [0.5, 0.6) is 0 Å². The molecule has 3 rings (SSSR count). The first-order valence-corrected chi connectivity index (χ1v) is 11.0. The molecule has 0 unspecified atom stereocenters. The van der Waals surface area contributed by atoms with Gasteiger partial charge in [-0.2, -0.15) is 0 Å². The van der Waals surface area contributed by atoms with Crippen LogP contribution in [0.4, 0.5) is 0 Å². The zero-order chi connectivity index (χ0) is 18.9. The molecule has 1 aromatic rings. The van der Waals surface area contributed by atoms with E-state index < -0.39 is 9.84 Å². The molecule has 0 bridgehead atoms. The van der Waals surface area contributed by atoms with Crippen molar-refractivity contribution in [3.8, 4) is 0 Å². The van der Waals surface area contributed by atoms with Crippen LogP contribution in [-0.2, 0) is 14.6 Å². The standard InChI is InChI=1S/C19H28N2O4S/c1-15-4-5-16(14-17(15)26(3,23)24)18(22)21-9-6-19(20(2)10-11-21)7-12-25-13-8-19/h4-5,14H,6-13H2,1-3H3. The highest BCUT2D eigenvalue weighted by molar-refractivity contribution is 7.90. The van der Waals surface area contributed by atoms with Crippen LogP contribution in [0, 0.1) is 6.92 Å². The normalized spacial score (nSPS) is 21.6. The van der Waals surface area contributed by atoms with Crippen molar-refractivity contribution in [2.24, 2.45) is 0 Å². The van der Waals surface area contributed by atoms with Crippen molar-refractivity contribution in [2.75, 3.05) is 46.2 Å². The Hall–Kier alpha value is -1.44. The first kappa shape index (κ1) is 19.3. The predicted octanol–water partition coefficient (Wildman–Crippen LogP) is 1.73. The van der Waals surface area contributed by atoms with Gasteiger partial charge in [0.15, 0.2) is 9.84 Å². The van der Waals surface area contributed by atoms with Gasteiger partial charge in [0, 0.05) is 50.2 Å². The van der Waals surface area contributed by atoms with E-state index in [0.717, 1.165) is 39.0 Å². The number of rotatable bonds is 2. The lowest BCUT2D eigenvalue weighted by Gasteiger charge is -2.43. The number of amides is 1. The number of sulfone groups is 1. The lowest BCUT2D eigenvalue weighted by Crippen LogP contribution is -2.50. The number of hydrogen-bond acceptors (Lipinski definition) is 5. The Morgan fingerprint density at radius 2 is 1.81 bits per heavy atom. The SMILES string of the molecule is Cc1ccc(C(=O)N2CCN(C)C3(CCOCC3)CC2)cc1S(C)(=O)=O. The third kappa shape index (κ3) is 3.80. The monoisotopic (exact) mass is 380 g/mol. The van der Waals surface area contributed by atoms with E-state index in [1.165, 1.54) is 12.3 Å². The highest BCUT2D eigenvalue weighted by atomic mass is 32.2. The Morgan fingerprint density at radius 3 is 2.46 bits per heavy atom. The number of likely N-dealkylation sites (N-methyl/N-ethyl adjacent to an activating group) is 1. The molecular weight excluding hydrogens is 352 g/mol. The number of aryl methyl sites for hydroxylation is 1. The van der Waals surface area contributed by atoms with Gasteiger partial charge in [-0.05, 0) is 50.9 Å². The fraction of sp³-hybridized carbons (Fsp3) is 0.632. The average Bonchev–Trinajstić information content (AvgIpc) is 2.75. The van der Waals surface area contributed by atoms with Crippen LogP contribution in [-0.4, -0.2) is 75.8 Å². The van der Waals surface area contributed by atoms with Crippen molar-refractivity contribution in [3.63, 3.8) is 0 Å². The maximum atomic E-state index is 13.0. The number of carbonyl (C=O) groups excluding carboxylic acids is 1. The molecule has 2 aliphatic heterocycles. The van der Waals surface area contributed by atoms with Gasteiger partial charge in [0.1, 0.15) is 0 Å². The van der Waals surface area contributed by atoms with Gasteiger partial charge < -0.3 is 9.64 Å². The topological polar surface area (TPSA) is 66.9 Å². The Labute approximate surface area is 156 Å². The minimum atomic E-state index is -3.35. The molecule has 0 aliphatic carbocycles. The molecule has 1 aromatic carbocycles. The molecule has 144 valence electrons. The van der Waals surface area contributed by atoms with E-state index in [-0.39, 0.29) is 16.3 Å². The van der Waals surface area contributed by atoms with Crippen LogP contribution < -0.4 is 0 Å². The molecule has 7 heteroatoms.